The SMILES string of the molecule is Cc1cccc(C)c1N(c1ccc2c(c1)C(C)(C)c1cc(-c3ccc4c(c3)oc3ccccc34)c3c(c1-2)-c1ccccc1CO3)c1ccc2c(c1)C(C)(C)c1c3c(c4oc5ccccc5c4c1-2)-c1ccccc1C3(C)C. The quantitative estimate of drug-likeness (QED) is 0.176. The second kappa shape index (κ2) is 14.8. The van der Waals surface area contributed by atoms with E-state index in [-0.39, 0.29) is 16.2 Å². The molecule has 4 aliphatic rings. The van der Waals surface area contributed by atoms with Gasteiger partial charge in [-0.3, -0.25) is 0 Å². The number of rotatable bonds is 4. The van der Waals surface area contributed by atoms with Crippen molar-refractivity contribution in [2.45, 2.75) is 78.2 Å². The molecule has 0 unspecified atom stereocenters. The third kappa shape index (κ3) is 5.53. The highest BCUT2D eigenvalue weighted by atomic mass is 16.5. The first-order valence-corrected chi connectivity index (χ1v) is 26.9. The van der Waals surface area contributed by atoms with Crippen molar-refractivity contribution in [2.24, 2.45) is 0 Å². The average molecular weight is 982 g/mol. The molecule has 0 saturated heterocycles. The van der Waals surface area contributed by atoms with Gasteiger partial charge in [-0.2, -0.15) is 0 Å². The summed E-state index contributed by atoms with van der Waals surface area (Å²) in [5.41, 5.74) is 30.2. The molecular formula is C72H55NO3. The van der Waals surface area contributed by atoms with Crippen molar-refractivity contribution in [3.8, 4) is 61.4 Å². The third-order valence-corrected chi connectivity index (χ3v) is 18.3. The fourth-order valence-corrected chi connectivity index (χ4v) is 14.8. The molecule has 0 amide bonds. The standard InChI is InChI=1S/C72H55NO3/c1-39-18-17-19-40(2)67(39)73(44-30-33-50-55(36-44)72(7,8)65-61(50)63-51-24-13-16-27-58(51)76-69(63)64-48-23-11-14-25-53(48)71(5,6)66(64)65)43-29-32-49-54(35-43)70(3,4)56-37-52(68-62(60(49)56)45-21-10-9-20-42(45)38-74-68)41-28-31-47-46-22-12-15-26-57(46)75-59(47)34-41/h9-37H,38H2,1-8H3. The molecule has 76 heavy (non-hydrogen) atoms. The molecule has 12 aromatic rings. The van der Waals surface area contributed by atoms with Crippen LogP contribution in [0.5, 0.6) is 5.75 Å². The van der Waals surface area contributed by atoms with E-state index in [4.69, 9.17) is 13.6 Å². The van der Waals surface area contributed by atoms with Gasteiger partial charge >= 0.3 is 0 Å². The van der Waals surface area contributed by atoms with Gasteiger partial charge in [-0.25, -0.2) is 0 Å². The Labute approximate surface area is 442 Å². The lowest BCUT2D eigenvalue weighted by molar-refractivity contribution is 0.303. The summed E-state index contributed by atoms with van der Waals surface area (Å²) in [7, 11) is 0. The molecule has 0 atom stereocenters. The van der Waals surface area contributed by atoms with Crippen LogP contribution in [-0.4, -0.2) is 0 Å². The van der Waals surface area contributed by atoms with Crippen LogP contribution in [0.2, 0.25) is 0 Å². The number of para-hydroxylation sites is 3. The number of hydrogen-bond donors (Lipinski definition) is 0. The molecule has 3 aliphatic carbocycles. The molecule has 3 heterocycles. The zero-order chi connectivity index (χ0) is 51.3. The van der Waals surface area contributed by atoms with Gasteiger partial charge in [0.15, 0.2) is 0 Å². The first-order chi connectivity index (χ1) is 36.8. The molecule has 4 heteroatoms. The van der Waals surface area contributed by atoms with Crippen molar-refractivity contribution in [1.82, 2.24) is 0 Å². The number of benzene rings is 10. The van der Waals surface area contributed by atoms with E-state index in [1.807, 2.05) is 6.07 Å². The Balaban J connectivity index is 0.901. The number of ether oxygens (including phenoxy) is 1. The van der Waals surface area contributed by atoms with E-state index in [1.54, 1.807) is 0 Å². The molecule has 0 fully saturated rings. The number of furan rings is 2. The van der Waals surface area contributed by atoms with Gasteiger partial charge in [0.25, 0.3) is 0 Å². The van der Waals surface area contributed by atoms with E-state index < -0.39 is 0 Å². The van der Waals surface area contributed by atoms with E-state index in [2.05, 4.69) is 230 Å². The van der Waals surface area contributed by atoms with Crippen LogP contribution in [-0.2, 0) is 22.9 Å². The number of aryl methyl sites for hydroxylation is 2. The van der Waals surface area contributed by atoms with Crippen molar-refractivity contribution in [1.29, 1.82) is 0 Å². The van der Waals surface area contributed by atoms with Gasteiger partial charge in [-0.15, -0.1) is 0 Å². The van der Waals surface area contributed by atoms with Gasteiger partial charge in [-0.1, -0.05) is 163 Å². The van der Waals surface area contributed by atoms with E-state index in [1.165, 1.54) is 111 Å². The normalized spacial score (nSPS) is 15.5. The molecule has 0 N–H and O–H groups in total. The molecule has 0 saturated carbocycles. The highest BCUT2D eigenvalue weighted by Gasteiger charge is 2.49. The highest BCUT2D eigenvalue weighted by molar-refractivity contribution is 6.21. The summed E-state index contributed by atoms with van der Waals surface area (Å²) >= 11 is 0. The van der Waals surface area contributed by atoms with Gasteiger partial charge in [0.05, 0.1) is 5.69 Å². The first kappa shape index (κ1) is 43.8. The molecule has 2 aromatic heterocycles. The summed E-state index contributed by atoms with van der Waals surface area (Å²) in [6.07, 6.45) is 0. The summed E-state index contributed by atoms with van der Waals surface area (Å²) in [6, 6.07) is 65.1. The molecule has 366 valence electrons. The van der Waals surface area contributed by atoms with Crippen molar-refractivity contribution in [2.75, 3.05) is 4.90 Å². The summed E-state index contributed by atoms with van der Waals surface area (Å²) < 4.78 is 20.5. The van der Waals surface area contributed by atoms with E-state index in [9.17, 15) is 0 Å². The van der Waals surface area contributed by atoms with Gasteiger partial charge in [0.1, 0.15) is 34.7 Å². The molecule has 16 rings (SSSR count). The van der Waals surface area contributed by atoms with Gasteiger partial charge in [-0.05, 0) is 157 Å². The van der Waals surface area contributed by atoms with Gasteiger partial charge in [0, 0.05) is 65.9 Å². The number of fused-ring (bicyclic) bond motifs is 22. The van der Waals surface area contributed by atoms with E-state index in [0.29, 0.717) is 6.61 Å². The minimum atomic E-state index is -0.363. The van der Waals surface area contributed by atoms with Crippen LogP contribution in [0.25, 0.3) is 99.5 Å². The molecular weight excluding hydrogens is 927 g/mol. The van der Waals surface area contributed by atoms with Crippen molar-refractivity contribution >= 4 is 60.9 Å². The van der Waals surface area contributed by atoms with Crippen LogP contribution in [0, 0.1) is 13.8 Å². The average Bonchev–Trinajstić information content (AvgIpc) is 4.24. The zero-order valence-corrected chi connectivity index (χ0v) is 44.1. The maximum absolute atomic E-state index is 7.02. The third-order valence-electron chi connectivity index (χ3n) is 18.3. The highest BCUT2D eigenvalue weighted by Crippen LogP contribution is 2.65. The topological polar surface area (TPSA) is 38.8 Å². The van der Waals surface area contributed by atoms with Crippen molar-refractivity contribution in [3.05, 3.63) is 226 Å². The Bertz CT molecular complexity index is 4570. The van der Waals surface area contributed by atoms with Gasteiger partial charge < -0.3 is 18.5 Å². The maximum Gasteiger partial charge on any atom is 0.144 e. The fourth-order valence-electron chi connectivity index (χ4n) is 14.8. The Kier molecular flexibility index (Phi) is 8.54. The minimum Gasteiger partial charge on any atom is -0.488 e. The molecule has 0 bridgehead atoms. The summed E-state index contributed by atoms with van der Waals surface area (Å²) in [4.78, 5) is 2.54. The molecule has 1 aliphatic heterocycles. The number of nitrogens with zero attached hydrogens (tertiary/aromatic N) is 1. The van der Waals surface area contributed by atoms with Crippen LogP contribution >= 0.6 is 0 Å². The van der Waals surface area contributed by atoms with Crippen LogP contribution in [0.4, 0.5) is 17.1 Å². The van der Waals surface area contributed by atoms with Gasteiger partial charge in [0.2, 0.25) is 0 Å². The van der Waals surface area contributed by atoms with Crippen LogP contribution in [0.1, 0.15) is 91.6 Å². The van der Waals surface area contributed by atoms with E-state index in [0.717, 1.165) is 61.4 Å². The lowest BCUT2D eigenvalue weighted by Crippen LogP contribution is -2.24. The maximum atomic E-state index is 7.02. The summed E-state index contributed by atoms with van der Waals surface area (Å²) in [5.74, 6) is 0.929. The monoisotopic (exact) mass is 981 g/mol. The van der Waals surface area contributed by atoms with E-state index >= 15 is 0 Å². The van der Waals surface area contributed by atoms with Crippen LogP contribution < -0.4 is 9.64 Å². The first-order valence-electron chi connectivity index (χ1n) is 26.9. The molecule has 10 aromatic carbocycles. The fraction of sp³-hybridized carbons (Fsp3) is 0.167. The Morgan fingerprint density at radius 1 is 0.408 bits per heavy atom. The number of hydrogen-bond acceptors (Lipinski definition) is 4. The molecule has 4 nitrogen and oxygen atoms in total. The lowest BCUT2D eigenvalue weighted by Gasteiger charge is -2.32. The Morgan fingerprint density at radius 3 is 1.76 bits per heavy atom. The predicted octanol–water partition coefficient (Wildman–Crippen LogP) is 19.7. The van der Waals surface area contributed by atoms with Crippen LogP contribution in [0.3, 0.4) is 0 Å². The number of anilines is 3. The van der Waals surface area contributed by atoms with Crippen molar-refractivity contribution in [3.63, 3.8) is 0 Å². The minimum absolute atomic E-state index is 0.235. The second-order valence-electron chi connectivity index (χ2n) is 23.6. The summed E-state index contributed by atoms with van der Waals surface area (Å²) in [5, 5.41) is 4.63. The predicted molar refractivity (Wildman–Crippen MR) is 313 cm³/mol. The zero-order valence-electron chi connectivity index (χ0n) is 44.1. The van der Waals surface area contributed by atoms with Crippen molar-refractivity contribution < 1.29 is 13.6 Å². The summed E-state index contributed by atoms with van der Waals surface area (Å²) in [6.45, 7) is 19.6. The smallest absolute Gasteiger partial charge is 0.144 e. The largest absolute Gasteiger partial charge is 0.488 e. The second-order valence-corrected chi connectivity index (χ2v) is 23.6. The lowest BCUT2D eigenvalue weighted by atomic mass is 9.72. The molecule has 0 radical (unpaired) electrons. The molecule has 0 spiro atoms. The Hall–Kier alpha value is -8.60. The van der Waals surface area contributed by atoms with Crippen LogP contribution in [0.15, 0.2) is 185 Å². The Morgan fingerprint density at radius 2 is 1.00 bits per heavy atom.